The van der Waals surface area contributed by atoms with Gasteiger partial charge in [0.15, 0.2) is 0 Å². The van der Waals surface area contributed by atoms with E-state index in [1.807, 2.05) is 61.2 Å². The van der Waals surface area contributed by atoms with Crippen LogP contribution in [0.4, 0.5) is 15.8 Å². The second kappa shape index (κ2) is 22.5. The fraction of sp³-hybridized carbons (Fsp3) is 0.408. The fourth-order valence-corrected chi connectivity index (χ4v) is 10.6. The Bertz CT molecular complexity index is 2410. The average Bonchev–Trinajstić information content (AvgIpc) is 4.13. The molecule has 5 N–H and O–H groups in total. The molecular formula is C49H57FN8O6S2. The number of anilines is 2. The highest BCUT2D eigenvalue weighted by Gasteiger charge is 2.44. The molecular weight excluding hydrogens is 880 g/mol. The van der Waals surface area contributed by atoms with Gasteiger partial charge in [-0.05, 0) is 124 Å². The number of benzene rings is 3. The van der Waals surface area contributed by atoms with E-state index in [0.29, 0.717) is 68.2 Å². The number of carbonyl (C=O) groups is 5. The number of hydrazone groups is 1. The molecule has 1 aliphatic heterocycles. The highest BCUT2D eigenvalue weighted by Crippen LogP contribution is 2.47. The van der Waals surface area contributed by atoms with Gasteiger partial charge < -0.3 is 30.9 Å². The van der Waals surface area contributed by atoms with Crippen LogP contribution >= 0.6 is 21.6 Å². The molecule has 7 rings (SSSR count). The maximum absolute atomic E-state index is 15.0. The minimum Gasteiger partial charge on any atom is -0.494 e. The number of nitrogens with one attached hydrogen (secondary N) is 3. The Morgan fingerprint density at radius 1 is 0.970 bits per heavy atom. The van der Waals surface area contributed by atoms with Crippen molar-refractivity contribution >= 4 is 68.2 Å². The highest BCUT2D eigenvalue weighted by atomic mass is 33.1. The molecule has 4 aromatic rings. The van der Waals surface area contributed by atoms with Crippen molar-refractivity contribution < 1.29 is 33.1 Å². The zero-order valence-electron chi connectivity index (χ0n) is 37.4. The number of ether oxygens (including phenoxy) is 1. The Morgan fingerprint density at radius 2 is 1.77 bits per heavy atom. The van der Waals surface area contributed by atoms with E-state index >= 15 is 0 Å². The number of aryl methyl sites for hydroxylation is 1. The number of hydrogen-bond acceptors (Lipinski definition) is 11. The molecule has 2 aliphatic carbocycles. The first-order valence-electron chi connectivity index (χ1n) is 22.4. The molecule has 2 unspecified atom stereocenters. The number of nitrogens with zero attached hydrogens (tertiary/aromatic N) is 4. The van der Waals surface area contributed by atoms with Crippen molar-refractivity contribution in [3.8, 4) is 5.75 Å². The second-order valence-corrected chi connectivity index (χ2v) is 20.5. The largest absolute Gasteiger partial charge is 0.494 e. The fourth-order valence-electron chi connectivity index (χ4n) is 8.12. The van der Waals surface area contributed by atoms with Gasteiger partial charge in [-0.15, -0.1) is 0 Å². The Morgan fingerprint density at radius 3 is 2.52 bits per heavy atom. The van der Waals surface area contributed by atoms with Gasteiger partial charge >= 0.3 is 0 Å². The molecule has 2 heterocycles. The molecule has 14 nitrogen and oxygen atoms in total. The summed E-state index contributed by atoms with van der Waals surface area (Å²) in [6.45, 7) is 6.93. The molecule has 2 fully saturated rings. The first-order chi connectivity index (χ1) is 31.8. The molecule has 3 aromatic carbocycles. The van der Waals surface area contributed by atoms with E-state index < -0.39 is 5.82 Å². The first-order valence-corrected chi connectivity index (χ1v) is 24.7. The summed E-state index contributed by atoms with van der Waals surface area (Å²) in [7, 11) is 3.18. The number of rotatable bonds is 20. The van der Waals surface area contributed by atoms with Crippen molar-refractivity contribution in [2.24, 2.45) is 16.8 Å². The smallest absolute Gasteiger partial charge is 0.251 e. The number of fused-ring (bicyclic) bond motifs is 1. The average molecular weight is 937 g/mol. The SMILES string of the molecule is CC(C)(CC(=O)N/N=C1\CCCc2cc(OCCCC(N)=O)ccc21)SSCCC(=O)N1CCN(c2ccc(C(=O)NCc3ccc(NC(=O)C4CC4c4cccnc4)cc3F)cc2)CC1. The summed E-state index contributed by atoms with van der Waals surface area (Å²) in [5.41, 5.74) is 14.0. The first kappa shape index (κ1) is 48.0. The standard InChI is InChI=1S/C49H57FN8O6S2/c1-49(2,29-45(60)56-55-43-8-3-6-33-26-38(16-17-39(33)43)64-24-5-9-44(51)59)66-65-25-18-46(61)58-22-20-57(21-23-58)37-14-11-32(12-15-37)47(62)53-31-35-10-13-36(27-42(35)50)54-48(63)41-28-40(41)34-7-4-19-52-30-34/h4,7,10-17,19,26-27,30,40-41H,3,5-6,8-9,18,20-25,28-29,31H2,1-2H3,(H2,51,59)(H,53,62)(H,54,63)(H,56,60)/b55-43+. The normalized spacial score (nSPS) is 17.4. The van der Waals surface area contributed by atoms with Crippen LogP contribution < -0.4 is 31.4 Å². The van der Waals surface area contributed by atoms with Gasteiger partial charge in [0.25, 0.3) is 5.91 Å². The number of carbonyl (C=O) groups excluding carboxylic acids is 5. The van der Waals surface area contributed by atoms with E-state index in [1.165, 1.54) is 6.07 Å². The van der Waals surface area contributed by atoms with E-state index in [0.717, 1.165) is 59.5 Å². The van der Waals surface area contributed by atoms with Crippen LogP contribution in [0.5, 0.6) is 5.75 Å². The molecule has 0 spiro atoms. The van der Waals surface area contributed by atoms with Crippen LogP contribution in [0.1, 0.15) is 97.3 Å². The molecule has 66 heavy (non-hydrogen) atoms. The summed E-state index contributed by atoms with van der Waals surface area (Å²) in [6, 6.07) is 21.4. The van der Waals surface area contributed by atoms with E-state index in [1.54, 1.807) is 58.2 Å². The van der Waals surface area contributed by atoms with Gasteiger partial charge in [0.1, 0.15) is 11.6 Å². The van der Waals surface area contributed by atoms with E-state index in [4.69, 9.17) is 10.5 Å². The second-order valence-electron chi connectivity index (χ2n) is 17.4. The van der Waals surface area contributed by atoms with Crippen molar-refractivity contribution in [2.45, 2.75) is 82.4 Å². The number of nitrogens with two attached hydrogens (primary N) is 1. The van der Waals surface area contributed by atoms with Gasteiger partial charge in [-0.3, -0.25) is 29.0 Å². The van der Waals surface area contributed by atoms with Crippen molar-refractivity contribution in [1.29, 1.82) is 0 Å². The summed E-state index contributed by atoms with van der Waals surface area (Å²) < 4.78 is 20.4. The third kappa shape index (κ3) is 13.6. The summed E-state index contributed by atoms with van der Waals surface area (Å²) in [4.78, 5) is 70.9. The van der Waals surface area contributed by atoms with E-state index in [9.17, 15) is 28.4 Å². The van der Waals surface area contributed by atoms with Gasteiger partial charge in [-0.25, -0.2) is 9.82 Å². The molecule has 17 heteroatoms. The molecule has 0 radical (unpaired) electrons. The minimum absolute atomic E-state index is 0.00941. The maximum atomic E-state index is 15.0. The van der Waals surface area contributed by atoms with Crippen molar-refractivity contribution in [1.82, 2.24) is 20.6 Å². The van der Waals surface area contributed by atoms with Crippen LogP contribution in [0, 0.1) is 11.7 Å². The molecule has 5 amide bonds. The lowest BCUT2D eigenvalue weighted by Gasteiger charge is -2.36. The zero-order valence-corrected chi connectivity index (χ0v) is 39.0. The van der Waals surface area contributed by atoms with Crippen LogP contribution in [-0.4, -0.2) is 88.4 Å². The Balaban J connectivity index is 0.768. The third-order valence-corrected chi connectivity index (χ3v) is 15.1. The van der Waals surface area contributed by atoms with Crippen LogP contribution in [0.15, 0.2) is 90.3 Å². The topological polar surface area (TPSA) is 188 Å². The zero-order chi connectivity index (χ0) is 46.6. The number of piperazine rings is 1. The van der Waals surface area contributed by atoms with Gasteiger partial charge in [0, 0.05) is 109 Å². The monoisotopic (exact) mass is 936 g/mol. The van der Waals surface area contributed by atoms with Crippen molar-refractivity contribution in [2.75, 3.05) is 48.8 Å². The number of amides is 5. The Hall–Kier alpha value is -5.94. The summed E-state index contributed by atoms with van der Waals surface area (Å²) in [5.74, 6) is -0.106. The van der Waals surface area contributed by atoms with Gasteiger partial charge in [-0.2, -0.15) is 5.10 Å². The maximum Gasteiger partial charge on any atom is 0.251 e. The minimum atomic E-state index is -0.520. The van der Waals surface area contributed by atoms with Crippen LogP contribution in [0.3, 0.4) is 0 Å². The van der Waals surface area contributed by atoms with E-state index in [2.05, 4.69) is 31.0 Å². The third-order valence-electron chi connectivity index (χ3n) is 11.8. The molecule has 1 aromatic heterocycles. The van der Waals surface area contributed by atoms with Gasteiger partial charge in [0.2, 0.25) is 23.6 Å². The lowest BCUT2D eigenvalue weighted by molar-refractivity contribution is -0.131. The molecule has 2 atom stereocenters. The summed E-state index contributed by atoms with van der Waals surface area (Å²) in [5, 5.41) is 10.1. The summed E-state index contributed by atoms with van der Waals surface area (Å²) >= 11 is 0. The number of pyridine rings is 1. The number of hydrogen-bond donors (Lipinski definition) is 4. The summed E-state index contributed by atoms with van der Waals surface area (Å²) in [6.07, 6.45) is 8.28. The number of halogens is 1. The van der Waals surface area contributed by atoms with Crippen LogP contribution in [0.2, 0.25) is 0 Å². The molecule has 1 saturated carbocycles. The molecule has 348 valence electrons. The lowest BCUT2D eigenvalue weighted by Crippen LogP contribution is -2.48. The van der Waals surface area contributed by atoms with Crippen molar-refractivity contribution in [3.63, 3.8) is 0 Å². The molecule has 1 saturated heterocycles. The van der Waals surface area contributed by atoms with Gasteiger partial charge in [-0.1, -0.05) is 33.7 Å². The van der Waals surface area contributed by atoms with E-state index in [-0.39, 0.29) is 65.5 Å². The van der Waals surface area contributed by atoms with Crippen LogP contribution in [0.25, 0.3) is 0 Å². The Labute approximate surface area is 392 Å². The van der Waals surface area contributed by atoms with Crippen molar-refractivity contribution in [3.05, 3.63) is 119 Å². The quantitative estimate of drug-likeness (QED) is 0.0409. The van der Waals surface area contributed by atoms with Gasteiger partial charge in [0.05, 0.1) is 12.3 Å². The molecule has 3 aliphatic rings. The highest BCUT2D eigenvalue weighted by molar-refractivity contribution is 8.77. The Kier molecular flexibility index (Phi) is 16.4. The number of primary amides is 1. The van der Waals surface area contributed by atoms with Crippen LogP contribution in [-0.2, 0) is 32.1 Å². The lowest BCUT2D eigenvalue weighted by atomic mass is 9.90. The predicted molar refractivity (Wildman–Crippen MR) is 258 cm³/mol. The molecule has 0 bridgehead atoms. The number of aromatic nitrogens is 1. The predicted octanol–water partition coefficient (Wildman–Crippen LogP) is 6.98.